The molecule has 0 saturated carbocycles. The molecule has 0 aromatic heterocycles. The lowest BCUT2D eigenvalue weighted by Crippen LogP contribution is -2.47. The second-order valence-electron chi connectivity index (χ2n) is 6.84. The van der Waals surface area contributed by atoms with Crippen LogP contribution < -0.4 is 0 Å². The van der Waals surface area contributed by atoms with Gasteiger partial charge >= 0.3 is 17.9 Å². The van der Waals surface area contributed by atoms with Crippen LogP contribution in [0.5, 0.6) is 0 Å². The van der Waals surface area contributed by atoms with Crippen molar-refractivity contribution in [3.63, 3.8) is 0 Å². The fourth-order valence-electron chi connectivity index (χ4n) is 2.91. The van der Waals surface area contributed by atoms with E-state index in [0.717, 1.165) is 26.3 Å². The quantitative estimate of drug-likeness (QED) is 0.322. The summed E-state index contributed by atoms with van der Waals surface area (Å²) in [4.78, 5) is 34.0. The molecule has 1 heterocycles. The molecule has 1 aromatic rings. The van der Waals surface area contributed by atoms with Gasteiger partial charge < -0.3 is 24.1 Å². The third-order valence-electron chi connectivity index (χ3n) is 4.21. The van der Waals surface area contributed by atoms with Gasteiger partial charge in [0.15, 0.2) is 18.5 Å². The molecular formula is C19H24O11S. The van der Waals surface area contributed by atoms with Crippen LogP contribution in [0.4, 0.5) is 0 Å². The molecule has 0 amide bonds. The standard InChI is InChI=1S/C19H24O11S/c1-10-5-7-14(8-6-10)31(24,25)30-17-16(29-19(23)18(17)28-13(4)22)15(27-12(3)21)9-26-11(2)20/h5-8,15-19,23H,9H2,1-4H3/t15-,16-,17+,18-,19?/m1/s1. The average molecular weight is 460 g/mol. The minimum absolute atomic E-state index is 0.191. The van der Waals surface area contributed by atoms with Crippen molar-refractivity contribution in [2.24, 2.45) is 0 Å². The van der Waals surface area contributed by atoms with Crippen LogP contribution in [-0.4, -0.2) is 68.7 Å². The predicted octanol–water partition coefficient (Wildman–Crippen LogP) is 0.213. The van der Waals surface area contributed by atoms with Crippen molar-refractivity contribution in [2.45, 2.75) is 63.3 Å². The Morgan fingerprint density at radius 3 is 2.16 bits per heavy atom. The van der Waals surface area contributed by atoms with Gasteiger partial charge in [0.25, 0.3) is 10.1 Å². The van der Waals surface area contributed by atoms with Gasteiger partial charge in [0.1, 0.15) is 18.8 Å². The van der Waals surface area contributed by atoms with E-state index in [0.29, 0.717) is 0 Å². The summed E-state index contributed by atoms with van der Waals surface area (Å²) in [6.45, 7) is 4.50. The summed E-state index contributed by atoms with van der Waals surface area (Å²) in [5.74, 6) is -2.32. The maximum Gasteiger partial charge on any atom is 0.303 e. The first kappa shape index (κ1) is 24.7. The number of esters is 3. The largest absolute Gasteiger partial charge is 0.462 e. The second kappa shape index (κ2) is 10.2. The van der Waals surface area contributed by atoms with Gasteiger partial charge in [-0.15, -0.1) is 0 Å². The summed E-state index contributed by atoms with van der Waals surface area (Å²) in [5.41, 5.74) is 0.811. The van der Waals surface area contributed by atoms with E-state index in [2.05, 4.69) is 0 Å². The van der Waals surface area contributed by atoms with E-state index in [9.17, 15) is 27.9 Å². The van der Waals surface area contributed by atoms with Crippen molar-refractivity contribution in [1.82, 2.24) is 0 Å². The second-order valence-corrected chi connectivity index (χ2v) is 8.42. The fourth-order valence-corrected chi connectivity index (χ4v) is 4.00. The molecule has 1 aromatic carbocycles. The molecule has 172 valence electrons. The third-order valence-corrected chi connectivity index (χ3v) is 5.53. The molecular weight excluding hydrogens is 436 g/mol. The molecule has 1 aliphatic rings. The van der Waals surface area contributed by atoms with Crippen molar-refractivity contribution in [2.75, 3.05) is 6.61 Å². The van der Waals surface area contributed by atoms with Gasteiger partial charge in [-0.05, 0) is 19.1 Å². The molecule has 0 aliphatic carbocycles. The Hall–Kier alpha value is -2.54. The molecule has 2 rings (SSSR count). The minimum Gasteiger partial charge on any atom is -0.462 e. The highest BCUT2D eigenvalue weighted by Crippen LogP contribution is 2.32. The van der Waals surface area contributed by atoms with Gasteiger partial charge in [0.2, 0.25) is 0 Å². The highest BCUT2D eigenvalue weighted by atomic mass is 32.2. The molecule has 5 atom stereocenters. The summed E-state index contributed by atoms with van der Waals surface area (Å²) in [6.07, 6.45) is -7.75. The summed E-state index contributed by atoms with van der Waals surface area (Å²) in [6, 6.07) is 5.74. The van der Waals surface area contributed by atoms with Crippen molar-refractivity contribution in [1.29, 1.82) is 0 Å². The van der Waals surface area contributed by atoms with E-state index < -0.39 is 65.3 Å². The van der Waals surface area contributed by atoms with Gasteiger partial charge in [-0.25, -0.2) is 0 Å². The van der Waals surface area contributed by atoms with Gasteiger partial charge in [-0.2, -0.15) is 8.42 Å². The lowest BCUT2D eigenvalue weighted by molar-refractivity contribution is -0.184. The first-order chi connectivity index (χ1) is 14.4. The third kappa shape index (κ3) is 6.72. The summed E-state index contributed by atoms with van der Waals surface area (Å²) < 4.78 is 51.1. The lowest BCUT2D eigenvalue weighted by atomic mass is 10.1. The smallest absolute Gasteiger partial charge is 0.303 e. The van der Waals surface area contributed by atoms with Crippen LogP contribution in [0, 0.1) is 6.92 Å². The van der Waals surface area contributed by atoms with Crippen molar-refractivity contribution in [3.05, 3.63) is 29.8 Å². The Balaban J connectivity index is 2.40. The normalized spacial score (nSPS) is 24.3. The molecule has 1 fully saturated rings. The molecule has 1 saturated heterocycles. The lowest BCUT2D eigenvalue weighted by Gasteiger charge is -2.27. The summed E-state index contributed by atoms with van der Waals surface area (Å²) >= 11 is 0. The molecule has 1 aliphatic heterocycles. The number of benzene rings is 1. The minimum atomic E-state index is -4.41. The SMILES string of the molecule is CC(=O)OC[C@@H](OC(C)=O)[C@H]1OC(O)[C@H](OC(C)=O)[C@H]1OS(=O)(=O)c1ccc(C)cc1. The van der Waals surface area contributed by atoms with Gasteiger partial charge in [0.05, 0.1) is 4.90 Å². The fraction of sp³-hybridized carbons (Fsp3) is 0.526. The van der Waals surface area contributed by atoms with E-state index in [1.807, 2.05) is 0 Å². The number of carbonyl (C=O) groups is 3. The van der Waals surface area contributed by atoms with Crippen LogP contribution >= 0.6 is 0 Å². The van der Waals surface area contributed by atoms with Crippen LogP contribution in [0.15, 0.2) is 29.2 Å². The van der Waals surface area contributed by atoms with Crippen LogP contribution in [0.25, 0.3) is 0 Å². The average Bonchev–Trinajstić information content (AvgIpc) is 2.93. The topological polar surface area (TPSA) is 152 Å². The van der Waals surface area contributed by atoms with Crippen LogP contribution in [0.3, 0.4) is 0 Å². The predicted molar refractivity (Wildman–Crippen MR) is 102 cm³/mol. The Bertz CT molecular complexity index is 909. The highest BCUT2D eigenvalue weighted by molar-refractivity contribution is 7.86. The molecule has 1 unspecified atom stereocenters. The van der Waals surface area contributed by atoms with Gasteiger partial charge in [0, 0.05) is 20.8 Å². The first-order valence-electron chi connectivity index (χ1n) is 9.22. The van der Waals surface area contributed by atoms with Gasteiger partial charge in [-0.1, -0.05) is 17.7 Å². The molecule has 0 spiro atoms. The van der Waals surface area contributed by atoms with E-state index >= 15 is 0 Å². The zero-order valence-corrected chi connectivity index (χ0v) is 18.2. The Labute approximate surface area is 179 Å². The number of ether oxygens (including phenoxy) is 4. The number of carbonyl (C=O) groups excluding carboxylic acids is 3. The van der Waals surface area contributed by atoms with Crippen molar-refractivity contribution >= 4 is 28.0 Å². The molecule has 0 radical (unpaired) electrons. The number of hydrogen-bond acceptors (Lipinski definition) is 11. The zero-order valence-electron chi connectivity index (χ0n) is 17.3. The van der Waals surface area contributed by atoms with Crippen molar-refractivity contribution < 1.29 is 51.0 Å². The maximum atomic E-state index is 12.8. The monoisotopic (exact) mass is 460 g/mol. The van der Waals surface area contributed by atoms with Crippen molar-refractivity contribution in [3.8, 4) is 0 Å². The zero-order chi connectivity index (χ0) is 23.3. The molecule has 1 N–H and O–H groups in total. The van der Waals surface area contributed by atoms with Gasteiger partial charge in [-0.3, -0.25) is 18.6 Å². The summed E-state index contributed by atoms with van der Waals surface area (Å²) in [7, 11) is -4.41. The Morgan fingerprint density at radius 2 is 1.65 bits per heavy atom. The number of rotatable bonds is 8. The maximum absolute atomic E-state index is 12.8. The Morgan fingerprint density at radius 1 is 1.03 bits per heavy atom. The van der Waals surface area contributed by atoms with Crippen LogP contribution in [0.1, 0.15) is 26.3 Å². The molecule has 0 bridgehead atoms. The van der Waals surface area contributed by atoms with Crippen LogP contribution in [0.2, 0.25) is 0 Å². The summed E-state index contributed by atoms with van der Waals surface area (Å²) in [5, 5.41) is 10.2. The first-order valence-corrected chi connectivity index (χ1v) is 10.6. The number of aryl methyl sites for hydroxylation is 1. The highest BCUT2D eigenvalue weighted by Gasteiger charge is 2.53. The van der Waals surface area contributed by atoms with Crippen LogP contribution in [-0.2, 0) is 47.6 Å². The molecule has 12 heteroatoms. The number of aliphatic hydroxyl groups excluding tert-OH is 1. The molecule has 31 heavy (non-hydrogen) atoms. The van der Waals surface area contributed by atoms with E-state index in [1.54, 1.807) is 19.1 Å². The number of hydrogen-bond donors (Lipinski definition) is 1. The van der Waals surface area contributed by atoms with E-state index in [-0.39, 0.29) is 4.90 Å². The molecule has 11 nitrogen and oxygen atoms in total. The van der Waals surface area contributed by atoms with E-state index in [4.69, 9.17) is 23.1 Å². The van der Waals surface area contributed by atoms with E-state index in [1.165, 1.54) is 12.1 Å². The number of aliphatic hydroxyl groups is 1. The Kier molecular flexibility index (Phi) is 8.12.